The van der Waals surface area contributed by atoms with E-state index in [9.17, 15) is 9.50 Å². The van der Waals surface area contributed by atoms with Gasteiger partial charge in [-0.2, -0.15) is 0 Å². The molecular weight excluding hydrogens is 307 g/mol. The van der Waals surface area contributed by atoms with Crippen molar-refractivity contribution in [1.82, 2.24) is 4.98 Å². The third-order valence-corrected chi connectivity index (χ3v) is 3.88. The van der Waals surface area contributed by atoms with E-state index in [4.69, 9.17) is 4.42 Å². The quantitative estimate of drug-likeness (QED) is 0.735. The third kappa shape index (κ3) is 2.40. The van der Waals surface area contributed by atoms with Crippen molar-refractivity contribution in [1.29, 1.82) is 0 Å². The molecule has 0 radical (unpaired) electrons. The fourth-order valence-electron chi connectivity index (χ4n) is 2.69. The van der Waals surface area contributed by atoms with E-state index in [1.165, 1.54) is 12.1 Å². The molecule has 3 aromatic rings. The Morgan fingerprint density at radius 3 is 2.62 bits per heavy atom. The molecular formula is C19H13FN2O2. The Balaban J connectivity index is 1.76. The van der Waals surface area contributed by atoms with Gasteiger partial charge in [-0.15, -0.1) is 0 Å². The topological polar surface area (TPSA) is 58.6 Å². The Labute approximate surface area is 137 Å². The maximum atomic E-state index is 13.0. The normalized spacial score (nSPS) is 14.8. The van der Waals surface area contributed by atoms with Gasteiger partial charge < -0.3 is 9.52 Å². The second kappa shape index (κ2) is 5.45. The van der Waals surface area contributed by atoms with Crippen LogP contribution < -0.4 is 0 Å². The zero-order valence-corrected chi connectivity index (χ0v) is 12.8. The first-order chi connectivity index (χ1) is 11.6. The summed E-state index contributed by atoms with van der Waals surface area (Å²) in [5.41, 5.74) is 4.52. The zero-order chi connectivity index (χ0) is 16.7. The fraction of sp³-hybridized carbons (Fsp3) is 0.0526. The lowest BCUT2D eigenvalue weighted by Gasteiger charge is -1.99. The van der Waals surface area contributed by atoms with E-state index in [0.29, 0.717) is 11.3 Å². The molecule has 0 fully saturated rings. The summed E-state index contributed by atoms with van der Waals surface area (Å²) in [7, 11) is 0. The summed E-state index contributed by atoms with van der Waals surface area (Å²) < 4.78 is 18.3. The van der Waals surface area contributed by atoms with Crippen LogP contribution in [-0.2, 0) is 0 Å². The second-order valence-corrected chi connectivity index (χ2v) is 5.49. The van der Waals surface area contributed by atoms with Crippen LogP contribution in [0.15, 0.2) is 57.9 Å². The van der Waals surface area contributed by atoms with Gasteiger partial charge in [-0.1, -0.05) is 18.2 Å². The maximum Gasteiger partial charge on any atom is 0.310 e. The molecule has 1 aliphatic rings. The molecule has 24 heavy (non-hydrogen) atoms. The number of para-hydroxylation sites is 1. The molecule has 1 N–H and O–H groups in total. The lowest BCUT2D eigenvalue weighted by molar-refractivity contribution is 0.336. The number of oxazole rings is 1. The van der Waals surface area contributed by atoms with Crippen molar-refractivity contribution in [3.8, 4) is 17.4 Å². The van der Waals surface area contributed by atoms with Gasteiger partial charge in [0.05, 0.1) is 5.69 Å². The van der Waals surface area contributed by atoms with Crippen molar-refractivity contribution in [2.24, 2.45) is 4.99 Å². The Hall–Kier alpha value is -3.21. The summed E-state index contributed by atoms with van der Waals surface area (Å²) in [6.45, 7) is 1.91. The predicted octanol–water partition coefficient (Wildman–Crippen LogP) is 4.83. The molecule has 0 bridgehead atoms. The molecule has 0 saturated heterocycles. The number of hydrogen-bond donors (Lipinski definition) is 1. The summed E-state index contributed by atoms with van der Waals surface area (Å²) in [4.78, 5) is 8.81. The number of aliphatic imine (C=N–C) groups is 1. The van der Waals surface area contributed by atoms with Crippen molar-refractivity contribution < 1.29 is 13.9 Å². The Kier molecular flexibility index (Phi) is 3.27. The van der Waals surface area contributed by atoms with Crippen LogP contribution in [0.25, 0.3) is 23.1 Å². The van der Waals surface area contributed by atoms with Crippen molar-refractivity contribution in [3.63, 3.8) is 0 Å². The van der Waals surface area contributed by atoms with Crippen LogP contribution in [0.4, 0.5) is 10.1 Å². The second-order valence-electron chi connectivity index (χ2n) is 5.49. The van der Waals surface area contributed by atoms with E-state index in [1.807, 2.05) is 31.2 Å². The predicted molar refractivity (Wildman–Crippen MR) is 90.6 cm³/mol. The lowest BCUT2D eigenvalue weighted by Crippen LogP contribution is -1.90. The van der Waals surface area contributed by atoms with Gasteiger partial charge in [-0.25, -0.2) is 9.37 Å². The Bertz CT molecular complexity index is 985. The maximum absolute atomic E-state index is 13.0. The van der Waals surface area contributed by atoms with Gasteiger partial charge >= 0.3 is 5.95 Å². The minimum Gasteiger partial charge on any atom is -0.479 e. The van der Waals surface area contributed by atoms with E-state index in [1.54, 1.807) is 18.2 Å². The molecule has 0 unspecified atom stereocenters. The van der Waals surface area contributed by atoms with Crippen molar-refractivity contribution >= 4 is 23.0 Å². The van der Waals surface area contributed by atoms with Gasteiger partial charge in [0.2, 0.25) is 5.89 Å². The molecule has 4 rings (SSSR count). The highest BCUT2D eigenvalue weighted by Gasteiger charge is 2.19. The molecule has 2 heterocycles. The molecule has 0 saturated carbocycles. The van der Waals surface area contributed by atoms with Gasteiger partial charge in [-0.05, 0) is 43.3 Å². The van der Waals surface area contributed by atoms with Gasteiger partial charge in [0.15, 0.2) is 0 Å². The molecule has 5 heteroatoms. The zero-order valence-electron chi connectivity index (χ0n) is 12.8. The monoisotopic (exact) mass is 320 g/mol. The Morgan fingerprint density at radius 2 is 1.83 bits per heavy atom. The van der Waals surface area contributed by atoms with Crippen LogP contribution >= 0.6 is 0 Å². The minimum atomic E-state index is -0.341. The van der Waals surface area contributed by atoms with Crippen LogP contribution in [-0.4, -0.2) is 15.8 Å². The van der Waals surface area contributed by atoms with Crippen LogP contribution in [0.1, 0.15) is 18.2 Å². The van der Waals surface area contributed by atoms with E-state index in [2.05, 4.69) is 9.98 Å². The first-order valence-electron chi connectivity index (χ1n) is 7.44. The van der Waals surface area contributed by atoms with Crippen molar-refractivity contribution in [2.75, 3.05) is 0 Å². The standard InChI is InChI=1S/C19H13FN2O2/c1-11-15(14-4-2-3-5-16(14)21-11)10-17-19(23)24-18(22-17)12-6-8-13(20)9-7-12/h2-10,23H,1H3. The van der Waals surface area contributed by atoms with Crippen LogP contribution in [0, 0.1) is 5.82 Å². The summed E-state index contributed by atoms with van der Waals surface area (Å²) in [5, 5.41) is 10.1. The first kappa shape index (κ1) is 14.4. The number of aromatic nitrogens is 1. The number of rotatable bonds is 2. The lowest BCUT2D eigenvalue weighted by atomic mass is 10.0. The van der Waals surface area contributed by atoms with Gasteiger partial charge in [0, 0.05) is 22.4 Å². The summed E-state index contributed by atoms with van der Waals surface area (Å²) in [6.07, 6.45) is 1.75. The van der Waals surface area contributed by atoms with Crippen LogP contribution in [0.5, 0.6) is 5.95 Å². The van der Waals surface area contributed by atoms with E-state index >= 15 is 0 Å². The average Bonchev–Trinajstić information content (AvgIpc) is 3.09. The number of fused-ring (bicyclic) bond motifs is 1. The molecule has 1 aromatic heterocycles. The summed E-state index contributed by atoms with van der Waals surface area (Å²) >= 11 is 0. The number of allylic oxidation sites excluding steroid dienone is 1. The summed E-state index contributed by atoms with van der Waals surface area (Å²) in [6, 6.07) is 13.5. The number of halogens is 1. The van der Waals surface area contributed by atoms with Crippen LogP contribution in [0.2, 0.25) is 0 Å². The highest BCUT2D eigenvalue weighted by Crippen LogP contribution is 2.37. The SMILES string of the molecule is CC1=Nc2ccccc2C1=Cc1nc(-c2ccc(F)cc2)oc1O. The molecule has 0 spiro atoms. The summed E-state index contributed by atoms with van der Waals surface area (Å²) in [5.74, 6) is -0.384. The third-order valence-electron chi connectivity index (χ3n) is 3.88. The molecule has 1 aliphatic heterocycles. The van der Waals surface area contributed by atoms with Gasteiger partial charge in [-0.3, -0.25) is 4.99 Å². The largest absolute Gasteiger partial charge is 0.479 e. The van der Waals surface area contributed by atoms with Crippen LogP contribution in [0.3, 0.4) is 0 Å². The number of aromatic hydroxyl groups is 1. The average molecular weight is 320 g/mol. The molecule has 4 nitrogen and oxygen atoms in total. The van der Waals surface area contributed by atoms with E-state index in [0.717, 1.165) is 22.5 Å². The smallest absolute Gasteiger partial charge is 0.310 e. The number of hydrogen-bond acceptors (Lipinski definition) is 4. The fourth-order valence-corrected chi connectivity index (χ4v) is 2.69. The van der Waals surface area contributed by atoms with Crippen molar-refractivity contribution in [2.45, 2.75) is 6.92 Å². The molecule has 0 aliphatic carbocycles. The highest BCUT2D eigenvalue weighted by atomic mass is 19.1. The molecule has 0 amide bonds. The molecule has 0 atom stereocenters. The minimum absolute atomic E-state index is 0.236. The van der Waals surface area contributed by atoms with Crippen molar-refractivity contribution in [3.05, 3.63) is 65.6 Å². The van der Waals surface area contributed by atoms with E-state index < -0.39 is 0 Å². The van der Waals surface area contributed by atoms with Gasteiger partial charge in [0.25, 0.3) is 0 Å². The molecule has 2 aromatic carbocycles. The first-order valence-corrected chi connectivity index (χ1v) is 7.44. The number of nitrogens with zero attached hydrogens (tertiary/aromatic N) is 2. The highest BCUT2D eigenvalue weighted by molar-refractivity contribution is 6.31. The van der Waals surface area contributed by atoms with E-state index in [-0.39, 0.29) is 17.7 Å². The number of benzene rings is 2. The molecule has 118 valence electrons. The van der Waals surface area contributed by atoms with Gasteiger partial charge in [0.1, 0.15) is 11.5 Å². The Morgan fingerprint density at radius 1 is 1.08 bits per heavy atom.